The molecule has 3 amide bonds. The van der Waals surface area contributed by atoms with E-state index >= 15 is 9.59 Å². The van der Waals surface area contributed by atoms with Gasteiger partial charge in [-0.25, -0.2) is 0 Å². The maximum atomic E-state index is 15.1. The van der Waals surface area contributed by atoms with E-state index in [0.717, 1.165) is 0 Å². The van der Waals surface area contributed by atoms with Gasteiger partial charge >= 0.3 is 0 Å². The Hall–Kier alpha value is -4.44. The third-order valence-electron chi connectivity index (χ3n) is 10.2. The summed E-state index contributed by atoms with van der Waals surface area (Å²) < 4.78 is 12.5. The molecule has 1 N–H and O–H groups in total. The summed E-state index contributed by atoms with van der Waals surface area (Å²) in [5.74, 6) is -2.36. The van der Waals surface area contributed by atoms with Crippen LogP contribution < -0.4 is 14.5 Å². The van der Waals surface area contributed by atoms with E-state index in [0.29, 0.717) is 47.2 Å². The number of hydrogen-bond acceptors (Lipinski definition) is 6. The number of carbonyl (C=O) groups is 3. The fraction of sp³-hybridized carbons (Fsp3) is 0.359. The van der Waals surface area contributed by atoms with Crippen LogP contribution in [0, 0.1) is 11.8 Å². The maximum Gasteiger partial charge on any atom is 0.253 e. The lowest BCUT2D eigenvalue weighted by Gasteiger charge is -2.39. The zero-order valence-corrected chi connectivity index (χ0v) is 28.6. The summed E-state index contributed by atoms with van der Waals surface area (Å²) in [6.07, 6.45) is 4.07. The van der Waals surface area contributed by atoms with Crippen LogP contribution in [0.4, 0.5) is 11.4 Å². The molecular formula is C39H42ClN3O6. The summed E-state index contributed by atoms with van der Waals surface area (Å²) in [5, 5.41) is 11.2. The number of ether oxygens (including phenoxy) is 2. The van der Waals surface area contributed by atoms with Gasteiger partial charge in [0.2, 0.25) is 11.8 Å². The van der Waals surface area contributed by atoms with Crippen molar-refractivity contribution < 1.29 is 29.0 Å². The summed E-state index contributed by atoms with van der Waals surface area (Å²) in [6.45, 7) is 11.9. The SMILES string of the molecule is C=CCN(C(=O)[C@@H]1[C@H]2C(=O)N([C@H](CO)c3ccccc3)C(C(=O)N(CC=C)c3ccccc3Cl)C23CC[C@@]1(C)O3)c1ccc(OCC)cc1. The lowest BCUT2D eigenvalue weighted by Crippen LogP contribution is -2.57. The Labute approximate surface area is 292 Å². The number of rotatable bonds is 13. The number of carbonyl (C=O) groups excluding carboxylic acids is 3. The summed E-state index contributed by atoms with van der Waals surface area (Å²) >= 11 is 6.64. The molecule has 256 valence electrons. The van der Waals surface area contributed by atoms with E-state index in [2.05, 4.69) is 13.2 Å². The van der Waals surface area contributed by atoms with Gasteiger partial charge in [-0.15, -0.1) is 13.2 Å². The highest BCUT2D eigenvalue weighted by Gasteiger charge is 2.79. The van der Waals surface area contributed by atoms with E-state index in [4.69, 9.17) is 21.1 Å². The van der Waals surface area contributed by atoms with E-state index in [1.54, 1.807) is 53.5 Å². The van der Waals surface area contributed by atoms with Crippen molar-refractivity contribution in [1.82, 2.24) is 4.90 Å². The standard InChI is InChI=1S/C39H42ClN3O6/c1-5-23-41(27-17-19-28(20-18-27)48-7-3)35(45)32-33-36(46)43(31(25-44)26-13-9-8-10-14-26)34(39(33)22-21-38(32,4)49-39)37(47)42(24-6-2)30-16-12-11-15-29(30)40/h5-6,8-20,31-34,44H,1-2,7,21-25H2,3-4H3/t31-,32+,33+,34?,38-,39?/m1/s1. The Kier molecular flexibility index (Phi) is 9.71. The molecule has 10 heteroatoms. The summed E-state index contributed by atoms with van der Waals surface area (Å²) in [5.41, 5.74) is -0.628. The molecule has 49 heavy (non-hydrogen) atoms. The molecule has 0 aromatic heterocycles. The molecule has 9 nitrogen and oxygen atoms in total. The van der Waals surface area contributed by atoms with E-state index < -0.39 is 53.5 Å². The zero-order chi connectivity index (χ0) is 34.9. The Morgan fingerprint density at radius 2 is 1.65 bits per heavy atom. The molecule has 3 fully saturated rings. The average molecular weight is 684 g/mol. The Balaban J connectivity index is 1.48. The molecule has 0 saturated carbocycles. The second kappa shape index (κ2) is 13.8. The van der Waals surface area contributed by atoms with Gasteiger partial charge in [0.1, 0.15) is 17.4 Å². The number of amides is 3. The molecular weight excluding hydrogens is 642 g/mol. The van der Waals surface area contributed by atoms with Crippen LogP contribution in [0.1, 0.15) is 38.3 Å². The minimum absolute atomic E-state index is 0.113. The first kappa shape index (κ1) is 34.4. The number of nitrogens with zero attached hydrogens (tertiary/aromatic N) is 3. The predicted molar refractivity (Wildman–Crippen MR) is 190 cm³/mol. The second-order valence-electron chi connectivity index (χ2n) is 12.9. The highest BCUT2D eigenvalue weighted by molar-refractivity contribution is 6.34. The fourth-order valence-electron chi connectivity index (χ4n) is 8.15. The van der Waals surface area contributed by atoms with Crippen molar-refractivity contribution in [2.75, 3.05) is 36.1 Å². The molecule has 0 aliphatic carbocycles. The maximum absolute atomic E-state index is 15.1. The predicted octanol–water partition coefficient (Wildman–Crippen LogP) is 5.98. The van der Waals surface area contributed by atoms with E-state index in [1.807, 2.05) is 56.3 Å². The molecule has 3 aliphatic rings. The first-order valence-corrected chi connectivity index (χ1v) is 17.0. The molecule has 3 aromatic carbocycles. The van der Waals surface area contributed by atoms with Gasteiger partial charge in [-0.1, -0.05) is 66.2 Å². The van der Waals surface area contributed by atoms with Crippen LogP contribution in [0.5, 0.6) is 5.75 Å². The van der Waals surface area contributed by atoms with Gasteiger partial charge < -0.3 is 29.3 Å². The number of hydrogen-bond donors (Lipinski definition) is 1. The number of benzene rings is 3. The number of aliphatic hydroxyl groups is 1. The molecule has 6 atom stereocenters. The van der Waals surface area contributed by atoms with Crippen LogP contribution in [0.15, 0.2) is 104 Å². The number of fused-ring (bicyclic) bond motifs is 1. The van der Waals surface area contributed by atoms with Crippen LogP contribution in [0.25, 0.3) is 0 Å². The van der Waals surface area contributed by atoms with Gasteiger partial charge in [0, 0.05) is 18.8 Å². The highest BCUT2D eigenvalue weighted by Crippen LogP contribution is 2.64. The number of para-hydroxylation sites is 1. The van der Waals surface area contributed by atoms with Crippen LogP contribution in [0.3, 0.4) is 0 Å². The largest absolute Gasteiger partial charge is 0.494 e. The summed E-state index contributed by atoms with van der Waals surface area (Å²) in [6, 6.07) is 21.3. The molecule has 3 aromatic rings. The van der Waals surface area contributed by atoms with Crippen molar-refractivity contribution in [3.63, 3.8) is 0 Å². The second-order valence-corrected chi connectivity index (χ2v) is 13.3. The summed E-state index contributed by atoms with van der Waals surface area (Å²) in [4.78, 5) is 49.6. The van der Waals surface area contributed by atoms with Gasteiger partial charge in [-0.05, 0) is 68.7 Å². The Bertz CT molecular complexity index is 1730. The van der Waals surface area contributed by atoms with Crippen molar-refractivity contribution in [1.29, 1.82) is 0 Å². The van der Waals surface area contributed by atoms with Gasteiger partial charge in [0.25, 0.3) is 5.91 Å². The minimum atomic E-state index is -1.34. The smallest absolute Gasteiger partial charge is 0.253 e. The minimum Gasteiger partial charge on any atom is -0.494 e. The number of anilines is 2. The van der Waals surface area contributed by atoms with Gasteiger partial charge in [-0.3, -0.25) is 14.4 Å². The molecule has 2 bridgehead atoms. The quantitative estimate of drug-likeness (QED) is 0.223. The van der Waals surface area contributed by atoms with Gasteiger partial charge in [0.05, 0.1) is 47.4 Å². The van der Waals surface area contributed by atoms with E-state index in [9.17, 15) is 9.90 Å². The van der Waals surface area contributed by atoms with Crippen LogP contribution in [-0.4, -0.2) is 71.3 Å². The lowest BCUT2D eigenvalue weighted by molar-refractivity contribution is -0.148. The van der Waals surface area contributed by atoms with Crippen molar-refractivity contribution in [2.45, 2.75) is 50.0 Å². The monoisotopic (exact) mass is 683 g/mol. The van der Waals surface area contributed by atoms with E-state index in [1.165, 1.54) is 9.80 Å². The number of likely N-dealkylation sites (tertiary alicyclic amines) is 1. The van der Waals surface area contributed by atoms with Crippen molar-refractivity contribution in [3.8, 4) is 5.75 Å². The number of halogens is 1. The van der Waals surface area contributed by atoms with Crippen LogP contribution >= 0.6 is 11.6 Å². The topological polar surface area (TPSA) is 99.6 Å². The van der Waals surface area contributed by atoms with Gasteiger partial charge in [-0.2, -0.15) is 0 Å². The lowest BCUT2D eigenvalue weighted by atomic mass is 9.66. The highest BCUT2D eigenvalue weighted by atomic mass is 35.5. The van der Waals surface area contributed by atoms with Gasteiger partial charge in [0.15, 0.2) is 0 Å². The normalized spacial score (nSPS) is 25.8. The molecule has 3 heterocycles. The summed E-state index contributed by atoms with van der Waals surface area (Å²) in [7, 11) is 0. The first-order valence-electron chi connectivity index (χ1n) is 16.7. The van der Waals surface area contributed by atoms with Crippen LogP contribution in [0.2, 0.25) is 5.02 Å². The van der Waals surface area contributed by atoms with E-state index in [-0.39, 0.29) is 19.0 Å². The molecule has 3 aliphatic heterocycles. The average Bonchev–Trinajstić information content (AvgIpc) is 3.68. The van der Waals surface area contributed by atoms with Crippen molar-refractivity contribution in [3.05, 3.63) is 115 Å². The zero-order valence-electron chi connectivity index (χ0n) is 27.8. The Morgan fingerprint density at radius 1 is 1.00 bits per heavy atom. The van der Waals surface area contributed by atoms with Crippen molar-refractivity contribution in [2.24, 2.45) is 11.8 Å². The third-order valence-corrected chi connectivity index (χ3v) is 10.5. The number of aliphatic hydroxyl groups excluding tert-OH is 1. The van der Waals surface area contributed by atoms with Crippen molar-refractivity contribution >= 4 is 40.7 Å². The molecule has 3 saturated heterocycles. The first-order chi connectivity index (χ1) is 23.7. The Morgan fingerprint density at radius 3 is 2.29 bits per heavy atom. The van der Waals surface area contributed by atoms with Crippen LogP contribution in [-0.2, 0) is 19.1 Å². The third kappa shape index (κ3) is 5.73. The molecule has 0 radical (unpaired) electrons. The molecule has 6 rings (SSSR count). The molecule has 2 unspecified atom stereocenters. The molecule has 1 spiro atoms. The fourth-order valence-corrected chi connectivity index (χ4v) is 8.39.